The number of nitrogens with one attached hydrogen (secondary N) is 1. The molecule has 1 aromatic carbocycles. The first-order chi connectivity index (χ1) is 9.65. The first kappa shape index (κ1) is 15.4. The number of ether oxygens (including phenoxy) is 1. The summed E-state index contributed by atoms with van der Waals surface area (Å²) in [6.45, 7) is 7.55. The number of aryl methyl sites for hydroxylation is 2. The third-order valence-corrected chi connectivity index (χ3v) is 4.56. The van der Waals surface area contributed by atoms with Gasteiger partial charge in [0.25, 0.3) is 0 Å². The Bertz CT molecular complexity index is 435. The Hall–Kier alpha value is -1.02. The maximum atomic E-state index is 5.66. The van der Waals surface area contributed by atoms with Crippen LogP contribution >= 0.6 is 0 Å². The van der Waals surface area contributed by atoms with Crippen LogP contribution in [0.2, 0.25) is 0 Å². The van der Waals surface area contributed by atoms with Crippen LogP contribution in [0, 0.1) is 19.8 Å². The van der Waals surface area contributed by atoms with Crippen molar-refractivity contribution in [3.8, 4) is 5.75 Å². The van der Waals surface area contributed by atoms with E-state index in [9.17, 15) is 0 Å². The van der Waals surface area contributed by atoms with E-state index in [0.717, 1.165) is 18.2 Å². The Kier molecular flexibility index (Phi) is 5.47. The molecule has 2 nitrogen and oxygen atoms in total. The number of hydrogen-bond donors (Lipinski definition) is 1. The van der Waals surface area contributed by atoms with Crippen molar-refractivity contribution in [3.05, 3.63) is 28.8 Å². The summed E-state index contributed by atoms with van der Waals surface area (Å²) in [7, 11) is 1.79. The van der Waals surface area contributed by atoms with E-state index in [-0.39, 0.29) is 0 Å². The van der Waals surface area contributed by atoms with Crippen molar-refractivity contribution in [1.82, 2.24) is 5.32 Å². The highest BCUT2D eigenvalue weighted by Gasteiger charge is 2.24. The second kappa shape index (κ2) is 7.12. The van der Waals surface area contributed by atoms with Crippen LogP contribution in [0.3, 0.4) is 0 Å². The Morgan fingerprint density at radius 2 is 1.95 bits per heavy atom. The highest BCUT2D eigenvalue weighted by atomic mass is 16.5. The second-order valence-corrected chi connectivity index (χ2v) is 6.19. The number of rotatable bonds is 6. The Morgan fingerprint density at radius 1 is 1.25 bits per heavy atom. The van der Waals surface area contributed by atoms with Crippen molar-refractivity contribution >= 4 is 0 Å². The lowest BCUT2D eigenvalue weighted by Gasteiger charge is -2.25. The summed E-state index contributed by atoms with van der Waals surface area (Å²) in [5.41, 5.74) is 4.00. The van der Waals surface area contributed by atoms with E-state index < -0.39 is 0 Å². The second-order valence-electron chi connectivity index (χ2n) is 6.19. The predicted octanol–water partition coefficient (Wildman–Crippen LogP) is 4.54. The van der Waals surface area contributed by atoms with Crippen LogP contribution in [0.15, 0.2) is 12.1 Å². The molecule has 112 valence electrons. The fourth-order valence-corrected chi connectivity index (χ4v) is 3.68. The monoisotopic (exact) mass is 275 g/mol. The van der Waals surface area contributed by atoms with Crippen molar-refractivity contribution < 1.29 is 4.74 Å². The van der Waals surface area contributed by atoms with Gasteiger partial charge in [0.15, 0.2) is 0 Å². The molecule has 0 amide bonds. The van der Waals surface area contributed by atoms with Crippen molar-refractivity contribution in [2.24, 2.45) is 5.92 Å². The zero-order valence-corrected chi connectivity index (χ0v) is 13.5. The van der Waals surface area contributed by atoms with E-state index in [1.807, 2.05) is 0 Å². The van der Waals surface area contributed by atoms with Crippen LogP contribution in [-0.4, -0.2) is 13.7 Å². The molecule has 0 saturated heterocycles. The maximum Gasteiger partial charge on any atom is 0.124 e. The van der Waals surface area contributed by atoms with Gasteiger partial charge in [0, 0.05) is 11.6 Å². The van der Waals surface area contributed by atoms with Gasteiger partial charge in [-0.3, -0.25) is 0 Å². The lowest BCUT2D eigenvalue weighted by Crippen LogP contribution is -2.24. The molecule has 1 N–H and O–H groups in total. The average Bonchev–Trinajstić information content (AvgIpc) is 2.90. The fourth-order valence-electron chi connectivity index (χ4n) is 3.68. The molecule has 1 aliphatic carbocycles. The highest BCUT2D eigenvalue weighted by Crippen LogP contribution is 2.37. The van der Waals surface area contributed by atoms with Crippen molar-refractivity contribution in [2.45, 2.75) is 58.9 Å². The van der Waals surface area contributed by atoms with Crippen molar-refractivity contribution in [3.63, 3.8) is 0 Å². The van der Waals surface area contributed by atoms with Crippen LogP contribution in [0.5, 0.6) is 5.75 Å². The molecule has 0 aliphatic heterocycles. The lowest BCUT2D eigenvalue weighted by molar-refractivity contribution is 0.369. The molecule has 1 aromatic rings. The largest absolute Gasteiger partial charge is 0.496 e. The minimum absolute atomic E-state index is 0.429. The summed E-state index contributed by atoms with van der Waals surface area (Å²) in [5.74, 6) is 1.93. The third kappa shape index (κ3) is 3.54. The van der Waals surface area contributed by atoms with Gasteiger partial charge in [0.2, 0.25) is 0 Å². The van der Waals surface area contributed by atoms with E-state index in [4.69, 9.17) is 4.74 Å². The normalized spacial score (nSPS) is 17.4. The predicted molar refractivity (Wildman–Crippen MR) is 85.5 cm³/mol. The van der Waals surface area contributed by atoms with Gasteiger partial charge in [-0.05, 0) is 49.9 Å². The zero-order chi connectivity index (χ0) is 14.5. The third-order valence-electron chi connectivity index (χ3n) is 4.56. The fraction of sp³-hybridized carbons (Fsp3) is 0.667. The molecule has 1 aliphatic rings. The topological polar surface area (TPSA) is 21.3 Å². The SMILES string of the molecule is CCNC(CC1CCCC1)c1c(C)cc(C)cc1OC. The van der Waals surface area contributed by atoms with Gasteiger partial charge in [-0.15, -0.1) is 0 Å². The Labute approximate surface area is 123 Å². The molecule has 0 spiro atoms. The van der Waals surface area contributed by atoms with Gasteiger partial charge in [0.1, 0.15) is 5.75 Å². The van der Waals surface area contributed by atoms with E-state index in [0.29, 0.717) is 6.04 Å². The molecule has 1 fully saturated rings. The average molecular weight is 275 g/mol. The molecular formula is C18H29NO. The van der Waals surface area contributed by atoms with Gasteiger partial charge in [-0.1, -0.05) is 38.7 Å². The van der Waals surface area contributed by atoms with Gasteiger partial charge >= 0.3 is 0 Å². The van der Waals surface area contributed by atoms with Gasteiger partial charge in [-0.25, -0.2) is 0 Å². The molecule has 1 unspecified atom stereocenters. The maximum absolute atomic E-state index is 5.66. The molecule has 20 heavy (non-hydrogen) atoms. The van der Waals surface area contributed by atoms with E-state index in [2.05, 4.69) is 38.2 Å². The zero-order valence-electron chi connectivity index (χ0n) is 13.5. The standard InChI is InChI=1S/C18H29NO/c1-5-19-16(12-15-8-6-7-9-15)18-14(3)10-13(2)11-17(18)20-4/h10-11,15-16,19H,5-9,12H2,1-4H3. The highest BCUT2D eigenvalue weighted by molar-refractivity contribution is 5.45. The molecule has 2 rings (SSSR count). The number of hydrogen-bond acceptors (Lipinski definition) is 2. The molecular weight excluding hydrogens is 246 g/mol. The summed E-state index contributed by atoms with van der Waals surface area (Å²) in [4.78, 5) is 0. The minimum Gasteiger partial charge on any atom is -0.496 e. The minimum atomic E-state index is 0.429. The van der Waals surface area contributed by atoms with Gasteiger partial charge < -0.3 is 10.1 Å². The van der Waals surface area contributed by atoms with Crippen molar-refractivity contribution in [1.29, 1.82) is 0 Å². The number of methoxy groups -OCH3 is 1. The van der Waals surface area contributed by atoms with E-state index in [1.54, 1.807) is 7.11 Å². The summed E-state index contributed by atoms with van der Waals surface area (Å²) in [6, 6.07) is 4.87. The molecule has 1 atom stereocenters. The molecule has 0 radical (unpaired) electrons. The molecule has 1 saturated carbocycles. The first-order valence-electron chi connectivity index (χ1n) is 8.04. The van der Waals surface area contributed by atoms with Crippen LogP contribution < -0.4 is 10.1 Å². The van der Waals surface area contributed by atoms with E-state index >= 15 is 0 Å². The number of benzene rings is 1. The quantitative estimate of drug-likeness (QED) is 0.822. The Morgan fingerprint density at radius 3 is 2.55 bits per heavy atom. The summed E-state index contributed by atoms with van der Waals surface area (Å²) in [5, 5.41) is 3.68. The molecule has 0 aromatic heterocycles. The molecule has 0 heterocycles. The van der Waals surface area contributed by atoms with Crippen LogP contribution in [0.1, 0.15) is 61.8 Å². The first-order valence-corrected chi connectivity index (χ1v) is 8.04. The lowest BCUT2D eigenvalue weighted by atomic mass is 9.90. The summed E-state index contributed by atoms with van der Waals surface area (Å²) < 4.78 is 5.66. The van der Waals surface area contributed by atoms with Gasteiger partial charge in [0.05, 0.1) is 7.11 Å². The van der Waals surface area contributed by atoms with E-state index in [1.165, 1.54) is 48.8 Å². The van der Waals surface area contributed by atoms with Crippen LogP contribution in [0.25, 0.3) is 0 Å². The molecule has 2 heteroatoms. The Balaban J connectivity index is 2.27. The van der Waals surface area contributed by atoms with Gasteiger partial charge in [-0.2, -0.15) is 0 Å². The summed E-state index contributed by atoms with van der Waals surface area (Å²) in [6.07, 6.45) is 6.86. The van der Waals surface area contributed by atoms with Crippen molar-refractivity contribution in [2.75, 3.05) is 13.7 Å². The summed E-state index contributed by atoms with van der Waals surface area (Å²) >= 11 is 0. The smallest absolute Gasteiger partial charge is 0.124 e. The van der Waals surface area contributed by atoms with Crippen LogP contribution in [-0.2, 0) is 0 Å². The molecule has 0 bridgehead atoms. The van der Waals surface area contributed by atoms with Crippen LogP contribution in [0.4, 0.5) is 0 Å².